The van der Waals surface area contributed by atoms with Crippen molar-refractivity contribution in [1.29, 1.82) is 0 Å². The van der Waals surface area contributed by atoms with Crippen LogP contribution >= 0.6 is 0 Å². The van der Waals surface area contributed by atoms with Crippen LogP contribution in [0.4, 0.5) is 5.69 Å². The molecule has 0 atom stereocenters. The Kier molecular flexibility index (Phi) is 4.34. The van der Waals surface area contributed by atoms with Crippen LogP contribution in [0.25, 0.3) is 0 Å². The summed E-state index contributed by atoms with van der Waals surface area (Å²) in [4.78, 5) is 13.2. The Morgan fingerprint density at radius 2 is 1.89 bits per heavy atom. The van der Waals surface area contributed by atoms with Crippen molar-refractivity contribution in [2.45, 2.75) is 24.8 Å². The largest absolute Gasteiger partial charge is 0.398 e. The molecule has 0 spiro atoms. The second kappa shape index (κ2) is 5.39. The predicted octanol–water partition coefficient (Wildman–Crippen LogP) is 0.909. The molecule has 18 heavy (non-hydrogen) atoms. The fraction of sp³-hybridized carbons (Fsp3) is 0.417. The van der Waals surface area contributed by atoms with E-state index in [2.05, 4.69) is 0 Å². The highest BCUT2D eigenvalue weighted by atomic mass is 32.2. The molecule has 0 aliphatic carbocycles. The van der Waals surface area contributed by atoms with Crippen LogP contribution in [0.5, 0.6) is 0 Å². The summed E-state index contributed by atoms with van der Waals surface area (Å²) in [5.41, 5.74) is 5.78. The molecule has 0 aliphatic rings. The summed E-state index contributed by atoms with van der Waals surface area (Å²) in [5, 5.41) is 0. The number of nitrogens with two attached hydrogens (primary N) is 1. The number of para-hydroxylation sites is 1. The van der Waals surface area contributed by atoms with Crippen LogP contribution in [-0.2, 0) is 14.6 Å². The Bertz CT molecular complexity index is 538. The molecule has 1 aromatic carbocycles. The smallest absolute Gasteiger partial charge is 0.238 e. The van der Waals surface area contributed by atoms with E-state index in [1.807, 2.05) is 13.8 Å². The van der Waals surface area contributed by atoms with E-state index >= 15 is 0 Å². The molecule has 1 rings (SSSR count). The van der Waals surface area contributed by atoms with Crippen LogP contribution in [0, 0.1) is 0 Å². The number of hydrogen-bond acceptors (Lipinski definition) is 4. The molecular formula is C12H18N2O3S. The number of anilines is 1. The highest BCUT2D eigenvalue weighted by molar-refractivity contribution is 7.92. The molecule has 100 valence electrons. The van der Waals surface area contributed by atoms with E-state index < -0.39 is 21.5 Å². The van der Waals surface area contributed by atoms with E-state index in [4.69, 9.17) is 5.73 Å². The van der Waals surface area contributed by atoms with E-state index in [1.54, 1.807) is 19.2 Å². The molecule has 0 radical (unpaired) electrons. The van der Waals surface area contributed by atoms with Gasteiger partial charge in [-0.25, -0.2) is 8.42 Å². The first-order valence-electron chi connectivity index (χ1n) is 5.58. The molecule has 6 heteroatoms. The Balaban J connectivity index is 2.97. The molecule has 1 amide bonds. The first-order valence-corrected chi connectivity index (χ1v) is 7.24. The molecule has 0 unspecified atom stereocenters. The standard InChI is InChI=1S/C12H18N2O3S/c1-9(2)14(3)12(15)8-18(16,17)11-7-5-4-6-10(11)13/h4-7,9H,8,13H2,1-3H3. The van der Waals surface area contributed by atoms with Crippen LogP contribution in [0.2, 0.25) is 0 Å². The van der Waals surface area contributed by atoms with E-state index in [0.717, 1.165) is 0 Å². The van der Waals surface area contributed by atoms with Gasteiger partial charge in [-0.15, -0.1) is 0 Å². The lowest BCUT2D eigenvalue weighted by Gasteiger charge is -2.21. The highest BCUT2D eigenvalue weighted by Gasteiger charge is 2.24. The maximum atomic E-state index is 12.1. The van der Waals surface area contributed by atoms with Gasteiger partial charge < -0.3 is 10.6 Å². The maximum absolute atomic E-state index is 12.1. The lowest BCUT2D eigenvalue weighted by molar-refractivity contribution is -0.128. The van der Waals surface area contributed by atoms with Crippen LogP contribution in [0.3, 0.4) is 0 Å². The number of carbonyl (C=O) groups excluding carboxylic acids is 1. The zero-order valence-corrected chi connectivity index (χ0v) is 11.6. The maximum Gasteiger partial charge on any atom is 0.238 e. The number of carbonyl (C=O) groups is 1. The molecule has 0 bridgehead atoms. The van der Waals surface area contributed by atoms with Gasteiger partial charge in [0.05, 0.1) is 10.6 Å². The molecule has 0 fully saturated rings. The number of sulfone groups is 1. The van der Waals surface area contributed by atoms with E-state index in [1.165, 1.54) is 17.0 Å². The third-order valence-electron chi connectivity index (χ3n) is 2.74. The summed E-state index contributed by atoms with van der Waals surface area (Å²) in [6.45, 7) is 3.64. The van der Waals surface area contributed by atoms with Crippen molar-refractivity contribution in [2.75, 3.05) is 18.5 Å². The van der Waals surface area contributed by atoms with Gasteiger partial charge in [0.1, 0.15) is 5.75 Å². The quantitative estimate of drug-likeness (QED) is 0.825. The first kappa shape index (κ1) is 14.5. The number of rotatable bonds is 4. The lowest BCUT2D eigenvalue weighted by Crippen LogP contribution is -2.37. The minimum Gasteiger partial charge on any atom is -0.398 e. The van der Waals surface area contributed by atoms with Gasteiger partial charge in [-0.1, -0.05) is 12.1 Å². The number of hydrogen-bond donors (Lipinski definition) is 1. The number of nitrogen functional groups attached to an aromatic ring is 1. The fourth-order valence-electron chi connectivity index (χ4n) is 1.39. The molecule has 0 aromatic heterocycles. The normalized spacial score (nSPS) is 11.6. The Morgan fingerprint density at radius 1 is 1.33 bits per heavy atom. The van der Waals surface area contributed by atoms with Crippen molar-refractivity contribution in [1.82, 2.24) is 4.90 Å². The van der Waals surface area contributed by atoms with Gasteiger partial charge in [0.2, 0.25) is 5.91 Å². The zero-order chi connectivity index (χ0) is 13.9. The van der Waals surface area contributed by atoms with Crippen molar-refractivity contribution in [3.05, 3.63) is 24.3 Å². The van der Waals surface area contributed by atoms with Gasteiger partial charge in [-0.05, 0) is 26.0 Å². The van der Waals surface area contributed by atoms with E-state index in [-0.39, 0.29) is 16.6 Å². The Hall–Kier alpha value is -1.56. The monoisotopic (exact) mass is 270 g/mol. The Labute approximate surface area is 108 Å². The van der Waals surface area contributed by atoms with E-state index in [0.29, 0.717) is 0 Å². The summed E-state index contributed by atoms with van der Waals surface area (Å²) in [5.74, 6) is -0.996. The third-order valence-corrected chi connectivity index (χ3v) is 4.40. The van der Waals surface area contributed by atoms with Crippen LogP contribution in [0.1, 0.15) is 13.8 Å². The second-order valence-corrected chi connectivity index (χ2v) is 6.35. The summed E-state index contributed by atoms with van der Waals surface area (Å²) < 4.78 is 24.1. The lowest BCUT2D eigenvalue weighted by atomic mass is 10.3. The molecule has 0 saturated carbocycles. The van der Waals surface area contributed by atoms with Crippen LogP contribution in [-0.4, -0.2) is 38.1 Å². The molecule has 5 nitrogen and oxygen atoms in total. The van der Waals surface area contributed by atoms with Crippen molar-refractivity contribution in [2.24, 2.45) is 0 Å². The van der Waals surface area contributed by atoms with Gasteiger partial charge in [0.25, 0.3) is 0 Å². The zero-order valence-electron chi connectivity index (χ0n) is 10.8. The molecule has 1 aromatic rings. The fourth-order valence-corrected chi connectivity index (χ4v) is 2.79. The Morgan fingerprint density at radius 3 is 2.39 bits per heavy atom. The molecule has 0 heterocycles. The van der Waals surface area contributed by atoms with Crippen molar-refractivity contribution in [3.63, 3.8) is 0 Å². The van der Waals surface area contributed by atoms with Gasteiger partial charge in [-0.2, -0.15) is 0 Å². The number of amides is 1. The van der Waals surface area contributed by atoms with Gasteiger partial charge >= 0.3 is 0 Å². The van der Waals surface area contributed by atoms with E-state index in [9.17, 15) is 13.2 Å². The highest BCUT2D eigenvalue weighted by Crippen LogP contribution is 2.19. The topological polar surface area (TPSA) is 80.5 Å². The summed E-state index contributed by atoms with van der Waals surface area (Å²) in [6.07, 6.45) is 0. The number of benzene rings is 1. The number of nitrogens with zero attached hydrogens (tertiary/aromatic N) is 1. The summed E-state index contributed by atoms with van der Waals surface area (Å²) in [6, 6.07) is 6.11. The van der Waals surface area contributed by atoms with Gasteiger partial charge in [0, 0.05) is 13.1 Å². The van der Waals surface area contributed by atoms with Crippen molar-refractivity contribution < 1.29 is 13.2 Å². The third kappa shape index (κ3) is 3.22. The average Bonchev–Trinajstić information content (AvgIpc) is 2.27. The average molecular weight is 270 g/mol. The predicted molar refractivity (Wildman–Crippen MR) is 70.8 cm³/mol. The van der Waals surface area contributed by atoms with Gasteiger partial charge in [0.15, 0.2) is 9.84 Å². The van der Waals surface area contributed by atoms with Gasteiger partial charge in [-0.3, -0.25) is 4.79 Å². The minimum atomic E-state index is -3.68. The summed E-state index contributed by atoms with van der Waals surface area (Å²) in [7, 11) is -2.10. The molecule has 0 saturated heterocycles. The molecule has 0 aliphatic heterocycles. The van der Waals surface area contributed by atoms with Crippen molar-refractivity contribution >= 4 is 21.4 Å². The summed E-state index contributed by atoms with van der Waals surface area (Å²) >= 11 is 0. The van der Waals surface area contributed by atoms with Crippen LogP contribution < -0.4 is 5.73 Å². The SMILES string of the molecule is CC(C)N(C)C(=O)CS(=O)(=O)c1ccccc1N. The molecule has 2 N–H and O–H groups in total. The first-order chi connectivity index (χ1) is 8.25. The second-order valence-electron chi connectivity index (χ2n) is 4.40. The van der Waals surface area contributed by atoms with Crippen LogP contribution in [0.15, 0.2) is 29.2 Å². The van der Waals surface area contributed by atoms with Crippen molar-refractivity contribution in [3.8, 4) is 0 Å². The molecular weight excluding hydrogens is 252 g/mol. The minimum absolute atomic E-state index is 0.00973.